The maximum Gasteiger partial charge on any atom is 0.253 e. The lowest BCUT2D eigenvalue weighted by Gasteiger charge is -2.34. The summed E-state index contributed by atoms with van der Waals surface area (Å²) in [6.45, 7) is 3.90. The van der Waals surface area contributed by atoms with E-state index in [1.165, 1.54) is 5.56 Å². The minimum absolute atomic E-state index is 0.0105. The fourth-order valence-electron chi connectivity index (χ4n) is 3.03. The van der Waals surface area contributed by atoms with E-state index in [0.29, 0.717) is 24.3 Å². The van der Waals surface area contributed by atoms with E-state index in [0.717, 1.165) is 24.7 Å². The number of anilines is 1. The summed E-state index contributed by atoms with van der Waals surface area (Å²) in [5.41, 5.74) is 2.46. The summed E-state index contributed by atoms with van der Waals surface area (Å²) in [7, 11) is 0. The zero-order valence-electron chi connectivity index (χ0n) is 14.8. The monoisotopic (exact) mass is 405 g/mol. The lowest BCUT2D eigenvalue weighted by molar-refractivity contribution is -0.113. The fourth-order valence-corrected chi connectivity index (χ4v) is 3.22. The first kappa shape index (κ1) is 19.7. The molecule has 0 radical (unpaired) electrons. The van der Waals surface area contributed by atoms with Gasteiger partial charge < -0.3 is 10.2 Å². The lowest BCUT2D eigenvalue weighted by atomic mass is 10.1. The van der Waals surface area contributed by atoms with Gasteiger partial charge in [-0.25, -0.2) is 0 Å². The van der Waals surface area contributed by atoms with Gasteiger partial charge in [-0.15, -0.1) is 11.6 Å². The molecule has 3 rings (SSSR count). The Kier molecular flexibility index (Phi) is 6.72. The molecule has 2 aromatic carbocycles. The Hall–Kier alpha value is -2.08. The number of halogens is 2. The maximum atomic E-state index is 12.7. The zero-order valence-corrected chi connectivity index (χ0v) is 16.3. The van der Waals surface area contributed by atoms with E-state index in [2.05, 4.69) is 10.2 Å². The van der Waals surface area contributed by atoms with Crippen molar-refractivity contribution in [1.29, 1.82) is 0 Å². The molecule has 1 heterocycles. The lowest BCUT2D eigenvalue weighted by Crippen LogP contribution is -2.48. The van der Waals surface area contributed by atoms with E-state index in [-0.39, 0.29) is 17.7 Å². The number of carbonyl (C=O) groups excluding carboxylic acids is 2. The Bertz CT molecular complexity index is 786. The molecule has 2 amide bonds. The van der Waals surface area contributed by atoms with Crippen molar-refractivity contribution in [1.82, 2.24) is 9.80 Å². The molecule has 1 aliphatic heterocycles. The van der Waals surface area contributed by atoms with Crippen LogP contribution in [0, 0.1) is 0 Å². The summed E-state index contributed by atoms with van der Waals surface area (Å²) in [5, 5.41) is 3.40. The smallest absolute Gasteiger partial charge is 0.253 e. The molecule has 0 atom stereocenters. The Morgan fingerprint density at radius 2 is 1.56 bits per heavy atom. The second-order valence-corrected chi connectivity index (χ2v) is 7.16. The molecule has 0 aromatic heterocycles. The number of alkyl halides is 1. The SMILES string of the molecule is O=C(CCl)Nc1ccc(C(=O)N2CCN(Cc3ccc(Cl)cc3)CC2)cc1. The predicted molar refractivity (Wildman–Crippen MR) is 108 cm³/mol. The molecule has 5 nitrogen and oxygen atoms in total. The van der Waals surface area contributed by atoms with Crippen LogP contribution < -0.4 is 5.32 Å². The van der Waals surface area contributed by atoms with Gasteiger partial charge in [0.05, 0.1) is 0 Å². The van der Waals surface area contributed by atoms with Crippen LogP contribution in [-0.4, -0.2) is 53.7 Å². The summed E-state index contributed by atoms with van der Waals surface area (Å²) in [6.07, 6.45) is 0. The van der Waals surface area contributed by atoms with E-state index in [4.69, 9.17) is 23.2 Å². The topological polar surface area (TPSA) is 52.7 Å². The van der Waals surface area contributed by atoms with Gasteiger partial charge in [0.1, 0.15) is 5.88 Å². The molecule has 1 N–H and O–H groups in total. The highest BCUT2D eigenvalue weighted by molar-refractivity contribution is 6.30. The molecule has 0 aliphatic carbocycles. The number of amides is 2. The van der Waals surface area contributed by atoms with E-state index < -0.39 is 0 Å². The van der Waals surface area contributed by atoms with Crippen molar-refractivity contribution in [3.8, 4) is 0 Å². The van der Waals surface area contributed by atoms with Crippen LogP contribution in [0.3, 0.4) is 0 Å². The van der Waals surface area contributed by atoms with E-state index >= 15 is 0 Å². The number of rotatable bonds is 5. The summed E-state index contributed by atoms with van der Waals surface area (Å²) in [5.74, 6) is -0.357. The first-order valence-corrected chi connectivity index (χ1v) is 9.68. The van der Waals surface area contributed by atoms with Crippen LogP contribution in [0.25, 0.3) is 0 Å². The summed E-state index contributed by atoms with van der Waals surface area (Å²) in [4.78, 5) is 28.2. The van der Waals surface area contributed by atoms with Crippen molar-refractivity contribution in [3.63, 3.8) is 0 Å². The predicted octanol–water partition coefficient (Wildman–Crippen LogP) is 3.48. The van der Waals surface area contributed by atoms with Crippen LogP contribution in [0.5, 0.6) is 0 Å². The average molecular weight is 406 g/mol. The van der Waals surface area contributed by atoms with Crippen LogP contribution in [0.4, 0.5) is 5.69 Å². The Balaban J connectivity index is 1.52. The van der Waals surface area contributed by atoms with Crippen molar-refractivity contribution < 1.29 is 9.59 Å². The second kappa shape index (κ2) is 9.22. The van der Waals surface area contributed by atoms with E-state index in [9.17, 15) is 9.59 Å². The third-order valence-corrected chi connectivity index (χ3v) is 5.01. The molecule has 0 bridgehead atoms. The number of nitrogens with zero attached hydrogens (tertiary/aromatic N) is 2. The number of hydrogen-bond donors (Lipinski definition) is 1. The highest BCUT2D eigenvalue weighted by atomic mass is 35.5. The number of hydrogen-bond acceptors (Lipinski definition) is 3. The summed E-state index contributed by atoms with van der Waals surface area (Å²) in [6, 6.07) is 14.8. The van der Waals surface area contributed by atoms with Crippen LogP contribution in [0.15, 0.2) is 48.5 Å². The first-order valence-electron chi connectivity index (χ1n) is 8.77. The molecular weight excluding hydrogens is 385 g/mol. The third-order valence-electron chi connectivity index (χ3n) is 4.52. The molecule has 1 fully saturated rings. The molecule has 2 aromatic rings. The number of carbonyl (C=O) groups is 2. The summed E-state index contributed by atoms with van der Waals surface area (Å²) < 4.78 is 0. The standard InChI is InChI=1S/C20H21Cl2N3O2/c21-13-19(26)23-18-7-3-16(4-8-18)20(27)25-11-9-24(10-12-25)14-15-1-5-17(22)6-2-15/h1-8H,9-14H2,(H,23,26). The van der Waals surface area contributed by atoms with Crippen molar-refractivity contribution in [2.75, 3.05) is 37.4 Å². The molecular formula is C20H21Cl2N3O2. The number of benzene rings is 2. The van der Waals surface area contributed by atoms with Gasteiger partial charge in [0.25, 0.3) is 5.91 Å². The quantitative estimate of drug-likeness (QED) is 0.774. The average Bonchev–Trinajstić information content (AvgIpc) is 2.70. The first-order chi connectivity index (χ1) is 13.0. The van der Waals surface area contributed by atoms with Gasteiger partial charge >= 0.3 is 0 Å². The van der Waals surface area contributed by atoms with Gasteiger partial charge in [-0.05, 0) is 42.0 Å². The van der Waals surface area contributed by atoms with Gasteiger partial charge in [-0.2, -0.15) is 0 Å². The molecule has 0 saturated carbocycles. The molecule has 1 aliphatic rings. The minimum atomic E-state index is -0.271. The van der Waals surface area contributed by atoms with Crippen LogP contribution in [0.2, 0.25) is 5.02 Å². The molecule has 142 valence electrons. The molecule has 0 unspecified atom stereocenters. The molecule has 7 heteroatoms. The van der Waals surface area contributed by atoms with Gasteiger partial charge in [-0.1, -0.05) is 23.7 Å². The van der Waals surface area contributed by atoms with Gasteiger partial charge in [0, 0.05) is 49.0 Å². The van der Waals surface area contributed by atoms with Crippen LogP contribution >= 0.6 is 23.2 Å². The highest BCUT2D eigenvalue weighted by Gasteiger charge is 2.22. The van der Waals surface area contributed by atoms with Crippen molar-refractivity contribution >= 4 is 40.7 Å². The Labute approximate surface area is 168 Å². The third kappa shape index (κ3) is 5.45. The van der Waals surface area contributed by atoms with E-state index in [1.54, 1.807) is 24.3 Å². The van der Waals surface area contributed by atoms with Crippen molar-refractivity contribution in [2.24, 2.45) is 0 Å². The summed E-state index contributed by atoms with van der Waals surface area (Å²) >= 11 is 11.4. The van der Waals surface area contributed by atoms with Crippen molar-refractivity contribution in [3.05, 3.63) is 64.7 Å². The Morgan fingerprint density at radius 3 is 2.15 bits per heavy atom. The normalized spacial score (nSPS) is 14.8. The molecule has 1 saturated heterocycles. The zero-order chi connectivity index (χ0) is 19.2. The number of nitrogens with one attached hydrogen (secondary N) is 1. The highest BCUT2D eigenvalue weighted by Crippen LogP contribution is 2.15. The van der Waals surface area contributed by atoms with Crippen LogP contribution in [0.1, 0.15) is 15.9 Å². The minimum Gasteiger partial charge on any atom is -0.336 e. The number of piperazine rings is 1. The molecule has 0 spiro atoms. The maximum absolute atomic E-state index is 12.7. The van der Waals surface area contributed by atoms with Gasteiger partial charge in [0.2, 0.25) is 5.91 Å². The fraction of sp³-hybridized carbons (Fsp3) is 0.300. The largest absolute Gasteiger partial charge is 0.336 e. The second-order valence-electron chi connectivity index (χ2n) is 6.45. The Morgan fingerprint density at radius 1 is 0.926 bits per heavy atom. The van der Waals surface area contributed by atoms with Gasteiger partial charge in [-0.3, -0.25) is 14.5 Å². The van der Waals surface area contributed by atoms with Crippen LogP contribution in [-0.2, 0) is 11.3 Å². The molecule has 27 heavy (non-hydrogen) atoms. The van der Waals surface area contributed by atoms with E-state index in [1.807, 2.05) is 29.2 Å². The van der Waals surface area contributed by atoms with Crippen molar-refractivity contribution in [2.45, 2.75) is 6.54 Å². The van der Waals surface area contributed by atoms with Gasteiger partial charge in [0.15, 0.2) is 0 Å².